The standard InChI is InChI=1S/C9H12N2O4.C9H10N2O2S.C5H8N2O.C4H5ClO3.P2S5/c1-3-5-6-7(12)10-11-8(13)9(14)15-4-2;1-3-5-6-7-10-11-8(14-7)9(12)13-4-2;1-2-3-4-5(8)7-6;1-2-8-4(7)3(5)6;3-1-2-5-7-6-4/h1H,4-6H2,2H3,(H,10,12)(H,11,13);1H,4-6H2,2H3;1H,3-4,6H2,(H,7,8);2H2,1H3;. The van der Waals surface area contributed by atoms with Crippen molar-refractivity contribution in [2.75, 3.05) is 19.8 Å². The molecule has 0 aliphatic rings. The van der Waals surface area contributed by atoms with Crippen LogP contribution in [0.15, 0.2) is 0 Å². The van der Waals surface area contributed by atoms with Crippen molar-refractivity contribution in [3.05, 3.63) is 10.0 Å². The van der Waals surface area contributed by atoms with E-state index in [0.717, 1.165) is 12.1 Å². The fourth-order valence-corrected chi connectivity index (χ4v) is 12.3. The Bertz CT molecular complexity index is 1580. The highest BCUT2D eigenvalue weighted by molar-refractivity contribution is 8.63. The number of aromatic nitrogens is 2. The molecular formula is C27H35ClN6O10P2S6. The summed E-state index contributed by atoms with van der Waals surface area (Å²) < 4.78 is 13.3. The average molecular weight is 893 g/mol. The van der Waals surface area contributed by atoms with E-state index in [-0.39, 0.29) is 32.0 Å². The number of halogens is 1. The Kier molecular flexibility index (Phi) is 44.9. The Morgan fingerprint density at radius 1 is 0.865 bits per heavy atom. The lowest BCUT2D eigenvalue weighted by atomic mass is 10.3. The summed E-state index contributed by atoms with van der Waals surface area (Å²) in [6, 6.07) is 0. The van der Waals surface area contributed by atoms with Gasteiger partial charge in [0.25, 0.3) is 0 Å². The molecule has 0 saturated carbocycles. The molecule has 0 aliphatic carbocycles. The lowest BCUT2D eigenvalue weighted by Gasteiger charge is -2.05. The van der Waals surface area contributed by atoms with E-state index in [1.165, 1.54) is 27.3 Å². The van der Waals surface area contributed by atoms with Gasteiger partial charge in [0.15, 0.2) is 0 Å². The van der Waals surface area contributed by atoms with Crippen molar-refractivity contribution < 1.29 is 47.8 Å². The van der Waals surface area contributed by atoms with Gasteiger partial charge in [-0.15, -0.1) is 47.2 Å². The molecular weight excluding hydrogens is 858 g/mol. The Balaban J connectivity index is -0.000000288. The first-order valence-electron chi connectivity index (χ1n) is 13.9. The number of esters is 3. The number of hydrogen-bond acceptors (Lipinski definition) is 16. The number of terminal acetylenes is 3. The molecule has 0 unspecified atom stereocenters. The van der Waals surface area contributed by atoms with Crippen LogP contribution < -0.4 is 22.1 Å². The van der Waals surface area contributed by atoms with Gasteiger partial charge in [0, 0.05) is 52.6 Å². The van der Waals surface area contributed by atoms with Gasteiger partial charge in [0.1, 0.15) is 5.01 Å². The van der Waals surface area contributed by atoms with Crippen molar-refractivity contribution in [1.29, 1.82) is 0 Å². The molecule has 0 bridgehead atoms. The molecule has 25 heteroatoms. The smallest absolute Gasteiger partial charge is 0.398 e. The quantitative estimate of drug-likeness (QED) is 0.0270. The predicted molar refractivity (Wildman–Crippen MR) is 213 cm³/mol. The van der Waals surface area contributed by atoms with Crippen LogP contribution in [0.4, 0.5) is 0 Å². The van der Waals surface area contributed by atoms with Gasteiger partial charge >= 0.3 is 29.1 Å². The monoisotopic (exact) mass is 892 g/mol. The summed E-state index contributed by atoms with van der Waals surface area (Å²) in [6.45, 7) is 5.53. The normalized spacial score (nSPS) is 8.58. The Morgan fingerprint density at radius 2 is 1.40 bits per heavy atom. The van der Waals surface area contributed by atoms with E-state index in [4.69, 9.17) is 41.5 Å². The summed E-state index contributed by atoms with van der Waals surface area (Å²) in [7, 11) is 6.83. The maximum atomic E-state index is 11.2. The van der Waals surface area contributed by atoms with Crippen molar-refractivity contribution in [3.8, 4) is 37.0 Å². The van der Waals surface area contributed by atoms with Gasteiger partial charge < -0.3 is 14.2 Å². The summed E-state index contributed by atoms with van der Waals surface area (Å²) in [6.07, 6.45) is 17.3. The van der Waals surface area contributed by atoms with Crippen LogP contribution in [0.5, 0.6) is 0 Å². The summed E-state index contributed by atoms with van der Waals surface area (Å²) in [4.78, 5) is 73.8. The molecule has 0 radical (unpaired) electrons. The van der Waals surface area contributed by atoms with Gasteiger partial charge in [0.2, 0.25) is 16.8 Å². The van der Waals surface area contributed by atoms with E-state index in [9.17, 15) is 33.6 Å². The summed E-state index contributed by atoms with van der Waals surface area (Å²) in [5.74, 6) is 7.66. The molecule has 1 aromatic heterocycles. The molecule has 5 N–H and O–H groups in total. The number of aryl methyl sites for hydroxylation is 1. The number of carbonyl (C=O) groups is 7. The van der Waals surface area contributed by atoms with E-state index in [2.05, 4.69) is 60.4 Å². The number of ether oxygens (including phenoxy) is 3. The van der Waals surface area contributed by atoms with Crippen LogP contribution in [-0.2, 0) is 99.7 Å². The third-order valence-electron chi connectivity index (χ3n) is 3.89. The molecule has 0 aromatic carbocycles. The maximum absolute atomic E-state index is 11.2. The molecule has 0 atom stereocenters. The minimum atomic E-state index is -1.08. The number of nitrogens with two attached hydrogens (primary N) is 1. The Hall–Kier alpha value is -3.32. The van der Waals surface area contributed by atoms with Gasteiger partial charge in [-0.3, -0.25) is 35.5 Å². The maximum Gasteiger partial charge on any atom is 0.398 e. The highest BCUT2D eigenvalue weighted by Crippen LogP contribution is 2.12. The third kappa shape index (κ3) is 39.5. The van der Waals surface area contributed by atoms with Crippen molar-refractivity contribution in [2.24, 2.45) is 5.84 Å². The van der Waals surface area contributed by atoms with Crippen LogP contribution >= 0.6 is 37.0 Å². The molecule has 1 aromatic rings. The van der Waals surface area contributed by atoms with Crippen LogP contribution in [0.1, 0.15) is 67.7 Å². The molecule has 0 saturated heterocycles. The van der Waals surface area contributed by atoms with Gasteiger partial charge in [-0.05, 0) is 82.6 Å². The van der Waals surface area contributed by atoms with Gasteiger partial charge in [-0.2, -0.15) is 0 Å². The number of rotatable bonds is 12. The number of hydrogen-bond donors (Lipinski definition) is 4. The fourth-order valence-electron chi connectivity index (χ4n) is 1.92. The molecule has 286 valence electrons. The van der Waals surface area contributed by atoms with Crippen molar-refractivity contribution in [3.63, 3.8) is 0 Å². The van der Waals surface area contributed by atoms with Crippen LogP contribution in [0.3, 0.4) is 0 Å². The van der Waals surface area contributed by atoms with E-state index in [1.807, 2.05) is 16.3 Å². The molecule has 52 heavy (non-hydrogen) atoms. The molecule has 0 spiro atoms. The number of carbonyl (C=O) groups excluding carboxylic acids is 7. The van der Waals surface area contributed by atoms with E-state index in [1.54, 1.807) is 39.2 Å². The zero-order valence-electron chi connectivity index (χ0n) is 27.9. The number of amides is 3. The van der Waals surface area contributed by atoms with Gasteiger partial charge in [0.05, 0.1) is 19.8 Å². The zero-order valence-corrected chi connectivity index (χ0v) is 35.3. The number of hydrazine groups is 2. The molecule has 1 rings (SSSR count). The van der Waals surface area contributed by atoms with Crippen LogP contribution in [-0.4, -0.2) is 70.9 Å². The highest BCUT2D eigenvalue weighted by atomic mass is 35.5. The van der Waals surface area contributed by atoms with E-state index >= 15 is 0 Å². The topological polar surface area (TPSA) is 235 Å². The third-order valence-corrected chi connectivity index (χ3v) is 15.0. The molecule has 0 fully saturated rings. The fraction of sp³-hybridized carbons (Fsp3) is 0.444. The molecule has 1 heterocycles. The second-order valence-corrected chi connectivity index (χ2v) is 18.6. The van der Waals surface area contributed by atoms with Crippen molar-refractivity contribution in [1.82, 2.24) is 26.5 Å². The molecule has 0 aliphatic heterocycles. The van der Waals surface area contributed by atoms with E-state index in [0.29, 0.717) is 37.3 Å². The Labute approximate surface area is 332 Å². The minimum Gasteiger partial charge on any atom is -0.461 e. The predicted octanol–water partition coefficient (Wildman–Crippen LogP) is 1.81. The van der Waals surface area contributed by atoms with Gasteiger partial charge in [-0.1, -0.05) is 11.3 Å². The van der Waals surface area contributed by atoms with Crippen molar-refractivity contribution in [2.45, 2.75) is 59.3 Å². The summed E-state index contributed by atoms with van der Waals surface area (Å²) >= 11 is 15.2. The second kappa shape index (κ2) is 42.1. The second-order valence-electron chi connectivity index (χ2n) is 7.49. The van der Waals surface area contributed by atoms with Gasteiger partial charge in [-0.25, -0.2) is 20.2 Å². The minimum absolute atomic E-state index is 0.0829. The largest absolute Gasteiger partial charge is 0.461 e. The van der Waals surface area contributed by atoms with Crippen LogP contribution in [0.25, 0.3) is 0 Å². The first kappa shape index (κ1) is 55.4. The molecule has 3 amide bonds. The first-order valence-corrected chi connectivity index (χ1v) is 23.6. The van der Waals surface area contributed by atoms with Crippen molar-refractivity contribution >= 4 is 128 Å². The van der Waals surface area contributed by atoms with Crippen LogP contribution in [0.2, 0.25) is 0 Å². The summed E-state index contributed by atoms with van der Waals surface area (Å²) in [5.41, 5.74) is 5.88. The molecule has 16 nitrogen and oxygen atoms in total. The average Bonchev–Trinajstić information content (AvgIpc) is 3.62. The number of nitrogens with one attached hydrogen (secondary N) is 3. The van der Waals surface area contributed by atoms with E-state index < -0.39 is 35.0 Å². The lowest BCUT2D eigenvalue weighted by Crippen LogP contribution is -2.45. The SMILES string of the molecule is C#CCCC(=O)NN.C#CCCC(=O)NNC(=O)C(=O)OCC.C#CCCc1nnc(C(=O)OCC)s1.CCOC(=O)C(=O)Cl.S=PP=S=S=S=S. The summed E-state index contributed by atoms with van der Waals surface area (Å²) in [5, 5.41) is 7.53. The van der Waals surface area contributed by atoms with Crippen LogP contribution in [0, 0.1) is 37.0 Å². The highest BCUT2D eigenvalue weighted by Gasteiger charge is 2.15. The first-order chi connectivity index (χ1) is 24.8. The number of nitrogens with zero attached hydrogens (tertiary/aromatic N) is 2. The zero-order chi connectivity index (χ0) is 40.6. The lowest BCUT2D eigenvalue weighted by molar-refractivity contribution is -0.155. The Morgan fingerprint density at radius 3 is 1.85 bits per heavy atom.